The Balaban J connectivity index is 1.69. The van der Waals surface area contributed by atoms with E-state index in [2.05, 4.69) is 17.1 Å². The first kappa shape index (κ1) is 16.7. The molecule has 1 fully saturated rings. The Morgan fingerprint density at radius 3 is 2.50 bits per heavy atom. The molecule has 1 heterocycles. The van der Waals surface area contributed by atoms with Crippen LogP contribution in [0.25, 0.3) is 11.1 Å². The second kappa shape index (κ2) is 8.08. The van der Waals surface area contributed by atoms with E-state index in [0.717, 1.165) is 49.5 Å². The van der Waals surface area contributed by atoms with Gasteiger partial charge in [-0.15, -0.1) is 0 Å². The summed E-state index contributed by atoms with van der Waals surface area (Å²) in [6.45, 7) is 6.32. The lowest BCUT2D eigenvalue weighted by Gasteiger charge is -2.29. The minimum Gasteiger partial charge on any atom is -0.379 e. The highest BCUT2D eigenvalue weighted by atomic mass is 16.5. The largest absolute Gasteiger partial charge is 0.379 e. The molecule has 126 valence electrons. The van der Waals surface area contributed by atoms with Gasteiger partial charge in [-0.3, -0.25) is 9.69 Å². The van der Waals surface area contributed by atoms with Crippen LogP contribution >= 0.6 is 0 Å². The zero-order chi connectivity index (χ0) is 16.8. The van der Waals surface area contributed by atoms with Crippen molar-refractivity contribution in [2.75, 3.05) is 32.8 Å². The Bertz CT molecular complexity index is 666. The van der Waals surface area contributed by atoms with Crippen LogP contribution in [0.2, 0.25) is 0 Å². The lowest BCUT2D eigenvalue weighted by molar-refractivity contribution is 0.0342. The molecule has 0 aliphatic carbocycles. The van der Waals surface area contributed by atoms with Gasteiger partial charge >= 0.3 is 0 Å². The van der Waals surface area contributed by atoms with Crippen LogP contribution in [-0.4, -0.2) is 49.7 Å². The third kappa shape index (κ3) is 4.22. The normalized spacial score (nSPS) is 16.5. The summed E-state index contributed by atoms with van der Waals surface area (Å²) >= 11 is 0. The number of hydrogen-bond acceptors (Lipinski definition) is 3. The van der Waals surface area contributed by atoms with Gasteiger partial charge < -0.3 is 10.1 Å². The highest BCUT2D eigenvalue weighted by molar-refractivity contribution is 6.01. The topological polar surface area (TPSA) is 41.6 Å². The molecule has 1 amide bonds. The number of nitrogens with one attached hydrogen (secondary N) is 1. The zero-order valence-corrected chi connectivity index (χ0v) is 14.1. The minimum atomic E-state index is -0.0183. The number of nitrogens with zero attached hydrogens (tertiary/aromatic N) is 1. The maximum absolute atomic E-state index is 12.7. The van der Waals surface area contributed by atoms with Gasteiger partial charge in [-0.1, -0.05) is 48.5 Å². The van der Waals surface area contributed by atoms with Crippen molar-refractivity contribution in [3.63, 3.8) is 0 Å². The quantitative estimate of drug-likeness (QED) is 0.919. The predicted molar refractivity (Wildman–Crippen MR) is 96.1 cm³/mol. The highest BCUT2D eigenvalue weighted by Gasteiger charge is 2.17. The van der Waals surface area contributed by atoms with Gasteiger partial charge in [-0.05, 0) is 24.1 Å². The number of hydrogen-bond donors (Lipinski definition) is 1. The van der Waals surface area contributed by atoms with Crippen molar-refractivity contribution in [2.24, 2.45) is 0 Å². The number of benzene rings is 2. The van der Waals surface area contributed by atoms with Crippen molar-refractivity contribution in [3.05, 3.63) is 60.2 Å². The smallest absolute Gasteiger partial charge is 0.252 e. The van der Waals surface area contributed by atoms with Gasteiger partial charge in [-0.25, -0.2) is 0 Å². The molecule has 1 N–H and O–H groups in total. The molecule has 0 aromatic heterocycles. The van der Waals surface area contributed by atoms with Crippen molar-refractivity contribution in [2.45, 2.75) is 13.0 Å². The molecule has 0 bridgehead atoms. The summed E-state index contributed by atoms with van der Waals surface area (Å²) < 4.78 is 5.37. The van der Waals surface area contributed by atoms with E-state index in [1.807, 2.05) is 54.6 Å². The summed E-state index contributed by atoms with van der Waals surface area (Å²) in [7, 11) is 0. The lowest BCUT2D eigenvalue weighted by Crippen LogP contribution is -2.46. The molecular weight excluding hydrogens is 300 g/mol. The third-order valence-electron chi connectivity index (χ3n) is 4.27. The summed E-state index contributed by atoms with van der Waals surface area (Å²) in [5, 5.41) is 3.13. The number of carbonyl (C=O) groups is 1. The molecule has 4 nitrogen and oxygen atoms in total. The standard InChI is InChI=1S/C20H24N2O2/c1-16(15-22-11-13-24-14-12-22)21-20(23)19-10-6-5-9-18(19)17-7-3-2-4-8-17/h2-10,16H,11-15H2,1H3,(H,21,23)/t16-/m0/s1. The van der Waals surface area contributed by atoms with Gasteiger partial charge in [0.2, 0.25) is 0 Å². The molecule has 2 aromatic carbocycles. The third-order valence-corrected chi connectivity index (χ3v) is 4.27. The first-order valence-electron chi connectivity index (χ1n) is 8.49. The van der Waals surface area contributed by atoms with E-state index in [9.17, 15) is 4.79 Å². The lowest BCUT2D eigenvalue weighted by atomic mass is 9.99. The fourth-order valence-corrected chi connectivity index (χ4v) is 3.07. The Morgan fingerprint density at radius 2 is 1.75 bits per heavy atom. The molecule has 0 radical (unpaired) electrons. The van der Waals surface area contributed by atoms with Crippen LogP contribution in [0.3, 0.4) is 0 Å². The van der Waals surface area contributed by atoms with E-state index in [-0.39, 0.29) is 11.9 Å². The van der Waals surface area contributed by atoms with Crippen LogP contribution in [0.5, 0.6) is 0 Å². The number of carbonyl (C=O) groups excluding carboxylic acids is 1. The van der Waals surface area contributed by atoms with Gasteiger partial charge in [0.05, 0.1) is 13.2 Å². The van der Waals surface area contributed by atoms with Crippen molar-refractivity contribution in [1.29, 1.82) is 0 Å². The van der Waals surface area contributed by atoms with E-state index >= 15 is 0 Å². The molecule has 1 saturated heterocycles. The van der Waals surface area contributed by atoms with Crippen LogP contribution in [-0.2, 0) is 4.74 Å². The van der Waals surface area contributed by atoms with Gasteiger partial charge in [-0.2, -0.15) is 0 Å². The van der Waals surface area contributed by atoms with E-state index in [1.54, 1.807) is 0 Å². The molecule has 0 unspecified atom stereocenters. The van der Waals surface area contributed by atoms with Crippen LogP contribution in [0.4, 0.5) is 0 Å². The van der Waals surface area contributed by atoms with Crippen molar-refractivity contribution in [3.8, 4) is 11.1 Å². The zero-order valence-electron chi connectivity index (χ0n) is 14.1. The monoisotopic (exact) mass is 324 g/mol. The average molecular weight is 324 g/mol. The molecule has 1 atom stereocenters. The Labute approximate surface area is 143 Å². The van der Waals surface area contributed by atoms with Crippen molar-refractivity contribution in [1.82, 2.24) is 10.2 Å². The maximum Gasteiger partial charge on any atom is 0.252 e. The minimum absolute atomic E-state index is 0.0183. The molecule has 2 aromatic rings. The molecule has 0 saturated carbocycles. The molecule has 1 aliphatic rings. The summed E-state index contributed by atoms with van der Waals surface area (Å²) in [5.41, 5.74) is 2.75. The van der Waals surface area contributed by atoms with Crippen LogP contribution in [0, 0.1) is 0 Å². The molecule has 4 heteroatoms. The molecule has 0 spiro atoms. The first-order valence-corrected chi connectivity index (χ1v) is 8.49. The van der Waals surface area contributed by atoms with E-state index in [1.165, 1.54) is 0 Å². The fraction of sp³-hybridized carbons (Fsp3) is 0.350. The maximum atomic E-state index is 12.7. The van der Waals surface area contributed by atoms with Crippen LogP contribution in [0.15, 0.2) is 54.6 Å². The van der Waals surface area contributed by atoms with E-state index in [0.29, 0.717) is 0 Å². The van der Waals surface area contributed by atoms with Gasteiger partial charge in [0.15, 0.2) is 0 Å². The summed E-state index contributed by atoms with van der Waals surface area (Å²) in [4.78, 5) is 15.1. The second-order valence-electron chi connectivity index (χ2n) is 6.20. The van der Waals surface area contributed by atoms with Crippen molar-refractivity contribution < 1.29 is 9.53 Å². The molecular formula is C20H24N2O2. The predicted octanol–water partition coefficient (Wildman–Crippen LogP) is 2.80. The Kier molecular flexibility index (Phi) is 5.62. The Hall–Kier alpha value is -2.17. The fourth-order valence-electron chi connectivity index (χ4n) is 3.07. The summed E-state index contributed by atoms with van der Waals surface area (Å²) in [6, 6.07) is 17.9. The van der Waals surface area contributed by atoms with Gasteiger partial charge in [0, 0.05) is 31.2 Å². The van der Waals surface area contributed by atoms with Gasteiger partial charge in [0.1, 0.15) is 0 Å². The molecule has 3 rings (SSSR count). The Morgan fingerprint density at radius 1 is 1.08 bits per heavy atom. The molecule has 24 heavy (non-hydrogen) atoms. The van der Waals surface area contributed by atoms with Crippen LogP contribution in [0.1, 0.15) is 17.3 Å². The second-order valence-corrected chi connectivity index (χ2v) is 6.20. The first-order chi connectivity index (χ1) is 11.7. The van der Waals surface area contributed by atoms with E-state index < -0.39 is 0 Å². The number of ether oxygens (including phenoxy) is 1. The van der Waals surface area contributed by atoms with E-state index in [4.69, 9.17) is 4.74 Å². The number of amides is 1. The molecule has 1 aliphatic heterocycles. The SMILES string of the molecule is C[C@@H](CN1CCOCC1)NC(=O)c1ccccc1-c1ccccc1. The summed E-state index contributed by atoms with van der Waals surface area (Å²) in [5.74, 6) is -0.0183. The van der Waals surface area contributed by atoms with Crippen molar-refractivity contribution >= 4 is 5.91 Å². The number of morpholine rings is 1. The average Bonchev–Trinajstić information content (AvgIpc) is 2.63. The number of rotatable bonds is 5. The summed E-state index contributed by atoms with van der Waals surface area (Å²) in [6.07, 6.45) is 0. The highest BCUT2D eigenvalue weighted by Crippen LogP contribution is 2.23. The van der Waals surface area contributed by atoms with Gasteiger partial charge in [0.25, 0.3) is 5.91 Å². The van der Waals surface area contributed by atoms with Crippen LogP contribution < -0.4 is 5.32 Å².